The molecule has 2 unspecified atom stereocenters. The van der Waals surface area contributed by atoms with Crippen molar-refractivity contribution >= 4 is 0 Å². The van der Waals surface area contributed by atoms with Crippen LogP contribution in [0.15, 0.2) is 24.0 Å². The van der Waals surface area contributed by atoms with E-state index >= 15 is 0 Å². The summed E-state index contributed by atoms with van der Waals surface area (Å²) in [5, 5.41) is 8.72. The molecule has 0 bridgehead atoms. The van der Waals surface area contributed by atoms with Gasteiger partial charge in [0.05, 0.1) is 24.9 Å². The van der Waals surface area contributed by atoms with Gasteiger partial charge in [0, 0.05) is 5.41 Å². The molecular formula is C17H25NO. The lowest BCUT2D eigenvalue weighted by atomic mass is 9.95. The summed E-state index contributed by atoms with van der Waals surface area (Å²) in [5.41, 5.74) is 1.45. The van der Waals surface area contributed by atoms with Gasteiger partial charge in [0.2, 0.25) is 0 Å². The van der Waals surface area contributed by atoms with Crippen molar-refractivity contribution in [2.75, 3.05) is 6.61 Å². The quantitative estimate of drug-likeness (QED) is 0.516. The molecule has 2 atom stereocenters. The standard InChI is InChI=1S/C17H25NO/c1-4-16(17(3)8-9-17)19-12-14-5-6-15(11-14)13(2)7-10-18/h4,14-15H,2,5-9,11-12H2,1,3H3/b16-4-. The highest BCUT2D eigenvalue weighted by atomic mass is 16.5. The summed E-state index contributed by atoms with van der Waals surface area (Å²) in [6.45, 7) is 9.25. The van der Waals surface area contributed by atoms with Crippen LogP contribution < -0.4 is 0 Å². The van der Waals surface area contributed by atoms with Gasteiger partial charge in [-0.05, 0) is 56.9 Å². The summed E-state index contributed by atoms with van der Waals surface area (Å²) >= 11 is 0. The fourth-order valence-corrected chi connectivity index (χ4v) is 3.09. The Morgan fingerprint density at radius 2 is 2.21 bits per heavy atom. The van der Waals surface area contributed by atoms with Crippen LogP contribution in [0.3, 0.4) is 0 Å². The molecule has 2 aliphatic carbocycles. The lowest BCUT2D eigenvalue weighted by Gasteiger charge is -2.19. The lowest BCUT2D eigenvalue weighted by molar-refractivity contribution is 0.136. The van der Waals surface area contributed by atoms with E-state index < -0.39 is 0 Å². The average Bonchev–Trinajstić information content (AvgIpc) is 2.95. The minimum Gasteiger partial charge on any atom is -0.497 e. The summed E-state index contributed by atoms with van der Waals surface area (Å²) in [5.74, 6) is 2.36. The molecule has 2 aliphatic rings. The van der Waals surface area contributed by atoms with E-state index in [1.807, 2.05) is 0 Å². The number of rotatable bonds is 6. The van der Waals surface area contributed by atoms with Gasteiger partial charge in [-0.1, -0.05) is 19.1 Å². The Kier molecular flexibility index (Phi) is 4.34. The third-order valence-corrected chi connectivity index (χ3v) is 4.76. The fraction of sp³-hybridized carbons (Fsp3) is 0.706. The van der Waals surface area contributed by atoms with Crippen molar-refractivity contribution in [1.29, 1.82) is 5.26 Å². The van der Waals surface area contributed by atoms with Crippen LogP contribution in [0.1, 0.15) is 52.4 Å². The second kappa shape index (κ2) is 5.82. The van der Waals surface area contributed by atoms with E-state index in [0.717, 1.165) is 18.6 Å². The highest BCUT2D eigenvalue weighted by molar-refractivity contribution is 5.14. The number of allylic oxidation sites excluding steroid dienone is 3. The lowest BCUT2D eigenvalue weighted by Crippen LogP contribution is -2.11. The third kappa shape index (κ3) is 3.41. The second-order valence-corrected chi connectivity index (χ2v) is 6.39. The topological polar surface area (TPSA) is 33.0 Å². The summed E-state index contributed by atoms with van der Waals surface area (Å²) in [6.07, 6.45) is 8.70. The van der Waals surface area contributed by atoms with Crippen LogP contribution in [0.2, 0.25) is 0 Å². The molecule has 2 heteroatoms. The van der Waals surface area contributed by atoms with Gasteiger partial charge in [-0.2, -0.15) is 5.26 Å². The molecule has 0 amide bonds. The van der Waals surface area contributed by atoms with Crippen LogP contribution in [0.25, 0.3) is 0 Å². The van der Waals surface area contributed by atoms with Crippen molar-refractivity contribution in [2.24, 2.45) is 17.3 Å². The Morgan fingerprint density at radius 3 is 2.79 bits per heavy atom. The average molecular weight is 259 g/mol. The van der Waals surface area contributed by atoms with E-state index in [1.54, 1.807) is 0 Å². The van der Waals surface area contributed by atoms with Crippen molar-refractivity contribution in [3.63, 3.8) is 0 Å². The second-order valence-electron chi connectivity index (χ2n) is 6.39. The minimum atomic E-state index is 0.331. The normalized spacial score (nSPS) is 28.8. The number of ether oxygens (including phenoxy) is 1. The predicted octanol–water partition coefficient (Wildman–Crippen LogP) is 4.59. The monoisotopic (exact) mass is 259 g/mol. The van der Waals surface area contributed by atoms with Crippen molar-refractivity contribution < 1.29 is 4.74 Å². The van der Waals surface area contributed by atoms with Gasteiger partial charge in [0.25, 0.3) is 0 Å². The maximum absolute atomic E-state index is 8.72. The van der Waals surface area contributed by atoms with Crippen LogP contribution in [0, 0.1) is 28.6 Å². The van der Waals surface area contributed by atoms with Crippen LogP contribution in [0.5, 0.6) is 0 Å². The number of hydrogen-bond donors (Lipinski definition) is 0. The molecule has 0 N–H and O–H groups in total. The molecule has 0 saturated heterocycles. The fourth-order valence-electron chi connectivity index (χ4n) is 3.09. The molecule has 2 fully saturated rings. The van der Waals surface area contributed by atoms with Crippen LogP contribution >= 0.6 is 0 Å². The molecule has 0 aromatic heterocycles. The summed E-state index contributed by atoms with van der Waals surface area (Å²) in [4.78, 5) is 0. The zero-order valence-corrected chi connectivity index (χ0v) is 12.2. The smallest absolute Gasteiger partial charge is 0.0976 e. The van der Waals surface area contributed by atoms with Gasteiger partial charge >= 0.3 is 0 Å². The molecule has 0 radical (unpaired) electrons. The molecule has 0 aromatic carbocycles. The molecule has 0 aromatic rings. The first-order valence-electron chi connectivity index (χ1n) is 7.43. The Bertz CT molecular complexity index is 411. The van der Waals surface area contributed by atoms with Crippen molar-refractivity contribution in [1.82, 2.24) is 0 Å². The van der Waals surface area contributed by atoms with Crippen LogP contribution in [-0.4, -0.2) is 6.61 Å². The molecule has 19 heavy (non-hydrogen) atoms. The molecular weight excluding hydrogens is 234 g/mol. The number of nitriles is 1. The molecule has 2 saturated carbocycles. The Hall–Kier alpha value is -1.23. The van der Waals surface area contributed by atoms with E-state index in [-0.39, 0.29) is 0 Å². The summed E-state index contributed by atoms with van der Waals surface area (Å²) in [7, 11) is 0. The Balaban J connectivity index is 1.76. The summed E-state index contributed by atoms with van der Waals surface area (Å²) < 4.78 is 6.06. The zero-order chi connectivity index (χ0) is 13.9. The Morgan fingerprint density at radius 1 is 1.47 bits per heavy atom. The molecule has 0 heterocycles. The van der Waals surface area contributed by atoms with Crippen LogP contribution in [0.4, 0.5) is 0 Å². The maximum atomic E-state index is 8.72. The van der Waals surface area contributed by atoms with Crippen molar-refractivity contribution in [2.45, 2.75) is 52.4 Å². The highest BCUT2D eigenvalue weighted by Crippen LogP contribution is 2.52. The minimum absolute atomic E-state index is 0.331. The van der Waals surface area contributed by atoms with E-state index in [0.29, 0.717) is 23.7 Å². The number of hydrogen-bond acceptors (Lipinski definition) is 2. The SMILES string of the molecule is C=C(CC#N)C1CCC(CO/C(=C\C)C2(C)CC2)C1. The molecule has 2 nitrogen and oxygen atoms in total. The first-order chi connectivity index (χ1) is 9.09. The van der Waals surface area contributed by atoms with Crippen molar-refractivity contribution in [3.8, 4) is 6.07 Å². The third-order valence-electron chi connectivity index (χ3n) is 4.76. The number of nitrogens with zero attached hydrogens (tertiary/aromatic N) is 1. The van der Waals surface area contributed by atoms with Gasteiger partial charge in [0.15, 0.2) is 0 Å². The first-order valence-corrected chi connectivity index (χ1v) is 7.43. The van der Waals surface area contributed by atoms with E-state index in [2.05, 4.69) is 32.6 Å². The van der Waals surface area contributed by atoms with Crippen LogP contribution in [-0.2, 0) is 4.74 Å². The molecule has 0 aliphatic heterocycles. The molecule has 0 spiro atoms. The van der Waals surface area contributed by atoms with Gasteiger partial charge in [-0.3, -0.25) is 0 Å². The van der Waals surface area contributed by atoms with E-state index in [1.165, 1.54) is 31.4 Å². The zero-order valence-electron chi connectivity index (χ0n) is 12.2. The van der Waals surface area contributed by atoms with Gasteiger partial charge in [-0.25, -0.2) is 0 Å². The van der Waals surface area contributed by atoms with E-state index in [9.17, 15) is 0 Å². The Labute approximate surface area is 117 Å². The van der Waals surface area contributed by atoms with E-state index in [4.69, 9.17) is 10.00 Å². The summed E-state index contributed by atoms with van der Waals surface area (Å²) in [6, 6.07) is 2.21. The maximum Gasteiger partial charge on any atom is 0.0976 e. The molecule has 104 valence electrons. The predicted molar refractivity (Wildman–Crippen MR) is 77.3 cm³/mol. The molecule has 2 rings (SSSR count). The van der Waals surface area contributed by atoms with Crippen molar-refractivity contribution in [3.05, 3.63) is 24.0 Å². The van der Waals surface area contributed by atoms with Gasteiger partial charge in [0.1, 0.15) is 0 Å². The van der Waals surface area contributed by atoms with Gasteiger partial charge < -0.3 is 4.74 Å². The largest absolute Gasteiger partial charge is 0.497 e. The van der Waals surface area contributed by atoms with Gasteiger partial charge in [-0.15, -0.1) is 0 Å². The highest BCUT2D eigenvalue weighted by Gasteiger charge is 2.42. The first kappa shape index (κ1) is 14.2.